The highest BCUT2D eigenvalue weighted by Gasteiger charge is 2.25. The topological polar surface area (TPSA) is 98.3 Å². The third kappa shape index (κ3) is 2.93. The summed E-state index contributed by atoms with van der Waals surface area (Å²) in [5.74, 6) is -1.67. The molecule has 0 unspecified atom stereocenters. The van der Waals surface area contributed by atoms with Crippen LogP contribution in [0.4, 0.5) is 15.8 Å². The molecule has 0 aliphatic rings. The van der Waals surface area contributed by atoms with Crippen LogP contribution in [0.5, 0.6) is 0 Å². The predicted octanol–water partition coefficient (Wildman–Crippen LogP) is 1.84. The van der Waals surface area contributed by atoms with E-state index in [4.69, 9.17) is 5.73 Å². The third-order valence-electron chi connectivity index (χ3n) is 2.08. The van der Waals surface area contributed by atoms with Gasteiger partial charge >= 0.3 is 0 Å². The number of nitrogen functional groups attached to an aromatic ring is 1. The minimum Gasteiger partial charge on any atom is -0.392 e. The van der Waals surface area contributed by atoms with E-state index in [1.54, 1.807) is 20.8 Å². The summed E-state index contributed by atoms with van der Waals surface area (Å²) in [5, 5.41) is 13.2. The number of halogens is 1. The first-order valence-corrected chi connectivity index (χ1v) is 5.18. The molecule has 3 N–H and O–H groups in total. The summed E-state index contributed by atoms with van der Waals surface area (Å²) >= 11 is 0. The Morgan fingerprint density at radius 2 is 2.00 bits per heavy atom. The van der Waals surface area contributed by atoms with E-state index in [0.29, 0.717) is 0 Å². The number of nitro groups is 1. The molecule has 1 rings (SSSR count). The Morgan fingerprint density at radius 3 is 2.44 bits per heavy atom. The van der Waals surface area contributed by atoms with Gasteiger partial charge < -0.3 is 11.1 Å². The Hall–Kier alpha value is -2.18. The third-order valence-corrected chi connectivity index (χ3v) is 2.08. The highest BCUT2D eigenvalue weighted by molar-refractivity contribution is 6.01. The van der Waals surface area contributed by atoms with Crippen LogP contribution in [0.15, 0.2) is 12.1 Å². The van der Waals surface area contributed by atoms with Gasteiger partial charge in [0.25, 0.3) is 11.6 Å². The van der Waals surface area contributed by atoms with Crippen LogP contribution < -0.4 is 11.1 Å². The zero-order chi connectivity index (χ0) is 14.1. The number of carbonyl (C=O) groups is 1. The monoisotopic (exact) mass is 255 g/mol. The number of nitrogens with one attached hydrogen (secondary N) is 1. The van der Waals surface area contributed by atoms with Crippen molar-refractivity contribution in [3.63, 3.8) is 0 Å². The first-order chi connectivity index (χ1) is 8.13. The maximum absolute atomic E-state index is 13.6. The maximum Gasteiger partial charge on any atom is 0.293 e. The fraction of sp³-hybridized carbons (Fsp3) is 0.364. The van der Waals surface area contributed by atoms with Crippen LogP contribution in [0.1, 0.15) is 31.1 Å². The zero-order valence-electron chi connectivity index (χ0n) is 10.3. The first-order valence-electron chi connectivity index (χ1n) is 5.18. The molecule has 0 aliphatic heterocycles. The van der Waals surface area contributed by atoms with E-state index in [2.05, 4.69) is 5.32 Å². The van der Waals surface area contributed by atoms with Gasteiger partial charge in [0, 0.05) is 11.6 Å². The van der Waals surface area contributed by atoms with Crippen molar-refractivity contribution in [1.82, 2.24) is 5.32 Å². The van der Waals surface area contributed by atoms with Crippen molar-refractivity contribution in [1.29, 1.82) is 0 Å². The lowest BCUT2D eigenvalue weighted by Gasteiger charge is -2.21. The molecular formula is C11H14FN3O3. The van der Waals surface area contributed by atoms with Gasteiger partial charge in [-0.15, -0.1) is 0 Å². The Morgan fingerprint density at radius 1 is 1.44 bits per heavy atom. The smallest absolute Gasteiger partial charge is 0.293 e. The molecule has 7 heteroatoms. The van der Waals surface area contributed by atoms with Crippen molar-refractivity contribution in [3.8, 4) is 0 Å². The summed E-state index contributed by atoms with van der Waals surface area (Å²) < 4.78 is 13.6. The Balaban J connectivity index is 3.28. The molecule has 0 radical (unpaired) electrons. The largest absolute Gasteiger partial charge is 0.392 e. The molecular weight excluding hydrogens is 241 g/mol. The Kier molecular flexibility index (Phi) is 3.54. The molecule has 18 heavy (non-hydrogen) atoms. The van der Waals surface area contributed by atoms with Gasteiger partial charge in [0.2, 0.25) is 0 Å². The minimum absolute atomic E-state index is 0.471. The second kappa shape index (κ2) is 4.59. The van der Waals surface area contributed by atoms with Crippen molar-refractivity contribution in [2.45, 2.75) is 26.3 Å². The standard InChI is InChI=1S/C11H14FN3O3/c1-11(2,3)14-10(16)8-6(12)4-5-7(9(8)13)15(17)18/h4-5H,13H2,1-3H3,(H,14,16). The normalized spacial score (nSPS) is 11.1. The summed E-state index contributed by atoms with van der Waals surface area (Å²) in [6, 6.07) is 1.78. The molecule has 6 nitrogen and oxygen atoms in total. The van der Waals surface area contributed by atoms with Crippen molar-refractivity contribution in [3.05, 3.63) is 33.6 Å². The number of hydrogen-bond donors (Lipinski definition) is 2. The predicted molar refractivity (Wildman–Crippen MR) is 64.7 cm³/mol. The highest BCUT2D eigenvalue weighted by atomic mass is 19.1. The minimum atomic E-state index is -0.889. The van der Waals surface area contributed by atoms with Gasteiger partial charge in [-0.2, -0.15) is 0 Å². The van der Waals surface area contributed by atoms with E-state index >= 15 is 0 Å². The number of hydrogen-bond acceptors (Lipinski definition) is 4. The van der Waals surface area contributed by atoms with Crippen LogP contribution in [0.25, 0.3) is 0 Å². The van der Waals surface area contributed by atoms with Crippen molar-refractivity contribution < 1.29 is 14.1 Å². The fourth-order valence-electron chi connectivity index (χ4n) is 1.38. The second-order valence-corrected chi connectivity index (χ2v) is 4.82. The second-order valence-electron chi connectivity index (χ2n) is 4.82. The lowest BCUT2D eigenvalue weighted by atomic mass is 10.1. The molecule has 1 aromatic carbocycles. The molecule has 0 fully saturated rings. The molecule has 0 saturated heterocycles. The Bertz CT molecular complexity index is 509. The van der Waals surface area contributed by atoms with Gasteiger partial charge in [-0.1, -0.05) is 0 Å². The zero-order valence-corrected chi connectivity index (χ0v) is 10.3. The van der Waals surface area contributed by atoms with Gasteiger partial charge in [0.15, 0.2) is 0 Å². The molecule has 0 aromatic heterocycles. The maximum atomic E-state index is 13.6. The van der Waals surface area contributed by atoms with Crippen LogP contribution in [-0.2, 0) is 0 Å². The van der Waals surface area contributed by atoms with E-state index in [0.717, 1.165) is 12.1 Å². The van der Waals surface area contributed by atoms with Gasteiger partial charge in [0.1, 0.15) is 17.1 Å². The highest BCUT2D eigenvalue weighted by Crippen LogP contribution is 2.27. The van der Waals surface area contributed by atoms with E-state index in [9.17, 15) is 19.3 Å². The summed E-state index contributed by atoms with van der Waals surface area (Å²) in [6.07, 6.45) is 0. The number of nitrogens with zero attached hydrogens (tertiary/aromatic N) is 1. The SMILES string of the molecule is CC(C)(C)NC(=O)c1c(F)ccc([N+](=O)[O-])c1N. The van der Waals surface area contributed by atoms with Crippen molar-refractivity contribution in [2.75, 3.05) is 5.73 Å². The van der Waals surface area contributed by atoms with Crippen LogP contribution in [0.2, 0.25) is 0 Å². The molecule has 0 bridgehead atoms. The van der Waals surface area contributed by atoms with E-state index in [1.807, 2.05) is 0 Å². The average molecular weight is 255 g/mol. The number of nitro benzene ring substituents is 1. The lowest BCUT2D eigenvalue weighted by Crippen LogP contribution is -2.41. The number of rotatable bonds is 2. The molecule has 0 aliphatic carbocycles. The molecule has 0 saturated carbocycles. The molecule has 1 aromatic rings. The van der Waals surface area contributed by atoms with Gasteiger partial charge in [0.05, 0.1) is 4.92 Å². The van der Waals surface area contributed by atoms with Gasteiger partial charge in [-0.05, 0) is 26.8 Å². The molecule has 0 atom stereocenters. The van der Waals surface area contributed by atoms with Crippen LogP contribution in [0.3, 0.4) is 0 Å². The van der Waals surface area contributed by atoms with E-state index in [1.165, 1.54) is 0 Å². The summed E-state index contributed by atoms with van der Waals surface area (Å²) in [6.45, 7) is 5.11. The van der Waals surface area contributed by atoms with E-state index in [-0.39, 0.29) is 0 Å². The molecule has 1 amide bonds. The Labute approximate surface area is 103 Å². The van der Waals surface area contributed by atoms with Gasteiger partial charge in [-0.25, -0.2) is 4.39 Å². The first kappa shape index (κ1) is 13.9. The summed E-state index contributed by atoms with van der Waals surface area (Å²) in [4.78, 5) is 21.7. The number of amides is 1. The van der Waals surface area contributed by atoms with E-state index < -0.39 is 39.1 Å². The number of anilines is 1. The molecule has 0 spiro atoms. The van der Waals surface area contributed by atoms with Gasteiger partial charge in [-0.3, -0.25) is 14.9 Å². The summed E-state index contributed by atoms with van der Waals surface area (Å²) in [5.41, 5.74) is 3.40. The number of nitrogens with two attached hydrogens (primary N) is 1. The van der Waals surface area contributed by atoms with Crippen molar-refractivity contribution >= 4 is 17.3 Å². The number of benzene rings is 1. The quantitative estimate of drug-likeness (QED) is 0.478. The van der Waals surface area contributed by atoms with Crippen LogP contribution >= 0.6 is 0 Å². The lowest BCUT2D eigenvalue weighted by molar-refractivity contribution is -0.384. The van der Waals surface area contributed by atoms with Crippen LogP contribution in [0, 0.1) is 15.9 Å². The van der Waals surface area contributed by atoms with Crippen LogP contribution in [-0.4, -0.2) is 16.4 Å². The molecule has 0 heterocycles. The van der Waals surface area contributed by atoms with Crippen molar-refractivity contribution in [2.24, 2.45) is 0 Å². The summed E-state index contributed by atoms with van der Waals surface area (Å²) in [7, 11) is 0. The average Bonchev–Trinajstić information content (AvgIpc) is 2.13. The molecule has 98 valence electrons. The fourth-order valence-corrected chi connectivity index (χ4v) is 1.38. The number of carbonyl (C=O) groups excluding carboxylic acids is 1.